The highest BCUT2D eigenvalue weighted by molar-refractivity contribution is 5.93. The van der Waals surface area contributed by atoms with Gasteiger partial charge in [0.1, 0.15) is 29.0 Å². The maximum absolute atomic E-state index is 12.0. The Morgan fingerprint density at radius 2 is 1.95 bits per heavy atom. The number of aliphatic imine (C=N–C) groups is 1. The van der Waals surface area contributed by atoms with Gasteiger partial charge in [0, 0.05) is 53.3 Å². The van der Waals surface area contributed by atoms with Gasteiger partial charge in [-0.3, -0.25) is 4.79 Å². The van der Waals surface area contributed by atoms with Crippen molar-refractivity contribution in [1.82, 2.24) is 15.3 Å². The summed E-state index contributed by atoms with van der Waals surface area (Å²) in [6.45, 7) is 15.8. The number of hydrogen-bond acceptors (Lipinski definition) is 9. The summed E-state index contributed by atoms with van der Waals surface area (Å²) < 4.78 is 11.4. The molecule has 2 aromatic heterocycles. The molecule has 11 heteroatoms. The largest absolute Gasteiger partial charge is 0.455 e. The number of aromatic nitrogens is 2. The molecule has 0 radical (unpaired) electrons. The maximum atomic E-state index is 12.0. The number of ether oxygens (including phenoxy) is 2. The van der Waals surface area contributed by atoms with Crippen LogP contribution in [0.5, 0.6) is 11.5 Å². The van der Waals surface area contributed by atoms with Crippen molar-refractivity contribution >= 4 is 29.1 Å². The Morgan fingerprint density at radius 1 is 1.20 bits per heavy atom. The number of amidine groups is 1. The van der Waals surface area contributed by atoms with Gasteiger partial charge >= 0.3 is 0 Å². The number of amides is 1. The van der Waals surface area contributed by atoms with E-state index in [0.717, 1.165) is 31.6 Å². The van der Waals surface area contributed by atoms with E-state index in [9.17, 15) is 4.79 Å². The molecule has 1 aliphatic carbocycles. The van der Waals surface area contributed by atoms with Gasteiger partial charge in [-0.1, -0.05) is 41.2 Å². The van der Waals surface area contributed by atoms with Gasteiger partial charge in [-0.2, -0.15) is 0 Å². The van der Waals surface area contributed by atoms with Crippen LogP contribution in [0.25, 0.3) is 0 Å². The van der Waals surface area contributed by atoms with E-state index in [2.05, 4.69) is 63.6 Å². The van der Waals surface area contributed by atoms with Crippen LogP contribution in [0.3, 0.4) is 0 Å². The van der Waals surface area contributed by atoms with Crippen molar-refractivity contribution in [1.29, 1.82) is 0 Å². The summed E-state index contributed by atoms with van der Waals surface area (Å²) in [7, 11) is 1.78. The van der Waals surface area contributed by atoms with E-state index in [-0.39, 0.29) is 27.6 Å². The van der Waals surface area contributed by atoms with Crippen LogP contribution in [0.1, 0.15) is 58.2 Å². The molecule has 2 fully saturated rings. The molecule has 0 unspecified atom stereocenters. The number of pyridine rings is 2. The molecule has 1 aliphatic heterocycles. The van der Waals surface area contributed by atoms with Crippen LogP contribution in [0.15, 0.2) is 59.8 Å². The molecule has 4 rings (SSSR count). The average molecular weight is 571 g/mol. The molecule has 1 saturated heterocycles. The number of nitrogens with two attached hydrogens (primary N) is 1. The van der Waals surface area contributed by atoms with E-state index in [1.54, 1.807) is 37.6 Å². The first-order valence-corrected chi connectivity index (χ1v) is 14.1. The Kier molecular flexibility index (Phi) is 11.1. The van der Waals surface area contributed by atoms with Gasteiger partial charge in [0.05, 0.1) is 24.5 Å². The van der Waals surface area contributed by atoms with E-state index in [0.29, 0.717) is 47.1 Å². The van der Waals surface area contributed by atoms with E-state index < -0.39 is 0 Å². The van der Waals surface area contributed by atoms with Crippen LogP contribution in [-0.4, -0.2) is 48.0 Å². The fourth-order valence-corrected chi connectivity index (χ4v) is 3.89. The predicted octanol–water partition coefficient (Wildman–Crippen LogP) is 5.97. The molecule has 1 amide bonds. The van der Waals surface area contributed by atoms with E-state index in [1.807, 2.05) is 19.9 Å². The quantitative estimate of drug-likeness (QED) is 0.163. The SMILES string of the molecule is C=C(/N=C(N)\C=C(/N[C@H]1CCOC1)C(C)(C)C)Nc1ncc(Oc2ccnc(NC(=O)C3CC3)c2)cc1NC.CC.[HH].[HH].[HH]. The van der Waals surface area contributed by atoms with Crippen LogP contribution in [0, 0.1) is 11.3 Å². The average Bonchev–Trinajstić information content (AvgIpc) is 3.66. The lowest BCUT2D eigenvalue weighted by molar-refractivity contribution is -0.117. The number of carbonyl (C=O) groups is 1. The number of nitrogens with one attached hydrogen (secondary N) is 4. The van der Waals surface area contributed by atoms with Crippen molar-refractivity contribution in [2.24, 2.45) is 22.1 Å². The maximum Gasteiger partial charge on any atom is 0.228 e. The molecule has 41 heavy (non-hydrogen) atoms. The Labute approximate surface area is 247 Å². The van der Waals surface area contributed by atoms with E-state index in [1.165, 1.54) is 0 Å². The monoisotopic (exact) mass is 570 g/mol. The highest BCUT2D eigenvalue weighted by atomic mass is 16.5. The molecule has 0 aromatic carbocycles. The van der Waals surface area contributed by atoms with E-state index >= 15 is 0 Å². The second-order valence-electron chi connectivity index (χ2n) is 10.7. The molecule has 1 atom stereocenters. The first-order valence-electron chi connectivity index (χ1n) is 14.1. The second-order valence-corrected chi connectivity index (χ2v) is 10.7. The number of rotatable bonds is 11. The lowest BCUT2D eigenvalue weighted by Crippen LogP contribution is -2.35. The summed E-state index contributed by atoms with van der Waals surface area (Å²) in [4.78, 5) is 25.1. The Balaban J connectivity index is 0.00000362. The number of carbonyl (C=O) groups excluding carboxylic acids is 1. The molecule has 3 heterocycles. The normalized spacial score (nSPS) is 17.2. The second kappa shape index (κ2) is 14.5. The molecule has 11 nitrogen and oxygen atoms in total. The van der Waals surface area contributed by atoms with Gasteiger partial charge in [0.2, 0.25) is 5.91 Å². The van der Waals surface area contributed by atoms with Crippen molar-refractivity contribution < 1.29 is 18.5 Å². The summed E-state index contributed by atoms with van der Waals surface area (Å²) in [6.07, 6.45) is 7.81. The van der Waals surface area contributed by atoms with Crippen molar-refractivity contribution in [3.8, 4) is 11.5 Å². The predicted molar refractivity (Wildman–Crippen MR) is 171 cm³/mol. The molecular formula is C30H50N8O3. The summed E-state index contributed by atoms with van der Waals surface area (Å²) in [5.41, 5.74) is 7.77. The van der Waals surface area contributed by atoms with Crippen LogP contribution in [-0.2, 0) is 9.53 Å². The minimum atomic E-state index is -0.146. The van der Waals surface area contributed by atoms with Gasteiger partial charge < -0.3 is 36.5 Å². The molecule has 2 aliphatic rings. The Hall–Kier alpha value is -4.12. The third-order valence-electron chi connectivity index (χ3n) is 6.21. The van der Waals surface area contributed by atoms with Crippen molar-refractivity contribution in [2.75, 3.05) is 36.2 Å². The molecule has 0 bridgehead atoms. The van der Waals surface area contributed by atoms with Crippen LogP contribution < -0.4 is 31.7 Å². The van der Waals surface area contributed by atoms with Gasteiger partial charge in [0.25, 0.3) is 0 Å². The van der Waals surface area contributed by atoms with Gasteiger partial charge in [-0.25, -0.2) is 15.0 Å². The number of anilines is 3. The number of nitrogens with zero attached hydrogens (tertiary/aromatic N) is 3. The van der Waals surface area contributed by atoms with Crippen LogP contribution in [0.2, 0.25) is 0 Å². The third kappa shape index (κ3) is 9.78. The summed E-state index contributed by atoms with van der Waals surface area (Å²) in [5, 5.41) is 12.6. The topological polar surface area (TPSA) is 148 Å². The van der Waals surface area contributed by atoms with E-state index in [4.69, 9.17) is 15.2 Å². The lowest BCUT2D eigenvalue weighted by atomic mass is 9.90. The van der Waals surface area contributed by atoms with Crippen LogP contribution in [0.4, 0.5) is 17.3 Å². The first kappa shape index (κ1) is 31.4. The standard InChI is InChI=1S/C28H38N8O3.C2H6.3H2/c1-17(33-24(29)14-23(28(2,3)4)35-19-9-11-38-16-19)34-26-22(30-5)12-21(15-32-26)39-20-8-10-31-25(13-20)36-27(37)18-6-7-18;1-2;;;/h8,10,12-15,18-19,30,35H,1,6-7,9,11,16H2,2-5H3,(H2,29,33)(H,32,34)(H,31,36,37);1-2H3;3*1H/b23-14-;;;;/t19-;;;;/m0..../s1. The van der Waals surface area contributed by atoms with Gasteiger partial charge in [-0.05, 0) is 31.4 Å². The summed E-state index contributed by atoms with van der Waals surface area (Å²) in [5.74, 6) is 2.73. The smallest absolute Gasteiger partial charge is 0.228 e. The number of allylic oxidation sites excluding steroid dienone is 1. The lowest BCUT2D eigenvalue weighted by Gasteiger charge is -2.27. The third-order valence-corrected chi connectivity index (χ3v) is 6.21. The van der Waals surface area contributed by atoms with Gasteiger partial charge in [-0.15, -0.1) is 0 Å². The molecule has 6 N–H and O–H groups in total. The molecule has 228 valence electrons. The zero-order valence-electron chi connectivity index (χ0n) is 25.0. The Bertz CT molecular complexity index is 1270. The van der Waals surface area contributed by atoms with Crippen LogP contribution >= 0.6 is 0 Å². The zero-order chi connectivity index (χ0) is 30.0. The van der Waals surface area contributed by atoms with Crippen molar-refractivity contribution in [2.45, 2.75) is 59.9 Å². The summed E-state index contributed by atoms with van der Waals surface area (Å²) in [6, 6.07) is 5.45. The highest BCUT2D eigenvalue weighted by Crippen LogP contribution is 2.32. The number of hydrogen-bond donors (Lipinski definition) is 5. The fourth-order valence-electron chi connectivity index (χ4n) is 3.89. The minimum Gasteiger partial charge on any atom is -0.455 e. The summed E-state index contributed by atoms with van der Waals surface area (Å²) >= 11 is 0. The fraction of sp³-hybridized carbons (Fsp3) is 0.467. The molecular weight excluding hydrogens is 520 g/mol. The van der Waals surface area contributed by atoms with Gasteiger partial charge in [0.15, 0.2) is 5.82 Å². The minimum absolute atomic E-state index is 0. The van der Waals surface area contributed by atoms with Crippen molar-refractivity contribution in [3.05, 3.63) is 54.8 Å². The zero-order valence-corrected chi connectivity index (χ0v) is 25.0. The van der Waals surface area contributed by atoms with Crippen molar-refractivity contribution in [3.63, 3.8) is 0 Å². The Morgan fingerprint density at radius 3 is 2.59 bits per heavy atom. The molecule has 2 aromatic rings. The molecule has 1 saturated carbocycles. The highest BCUT2D eigenvalue weighted by Gasteiger charge is 2.29. The molecule has 0 spiro atoms. The first-order chi connectivity index (χ1) is 19.6.